The van der Waals surface area contributed by atoms with Gasteiger partial charge in [0.25, 0.3) is 0 Å². The van der Waals surface area contributed by atoms with Crippen molar-refractivity contribution in [2.45, 2.75) is 45.2 Å². The van der Waals surface area contributed by atoms with Gasteiger partial charge in [-0.15, -0.1) is 0 Å². The van der Waals surface area contributed by atoms with Crippen LogP contribution < -0.4 is 4.72 Å². The first-order valence-electron chi connectivity index (χ1n) is 7.13. The lowest BCUT2D eigenvalue weighted by atomic mass is 10.1. The van der Waals surface area contributed by atoms with E-state index in [1.165, 1.54) is 16.9 Å². The van der Waals surface area contributed by atoms with E-state index in [0.29, 0.717) is 12.8 Å². The van der Waals surface area contributed by atoms with Crippen LogP contribution in [0.5, 0.6) is 0 Å². The zero-order valence-electron chi connectivity index (χ0n) is 13.3. The number of sulfonamides is 1. The molecule has 5 nitrogen and oxygen atoms in total. The number of alkyl halides is 3. The Labute approximate surface area is 143 Å². The van der Waals surface area contributed by atoms with Gasteiger partial charge in [0.2, 0.25) is 0 Å². The summed E-state index contributed by atoms with van der Waals surface area (Å²) in [5.74, 6) is 0. The van der Waals surface area contributed by atoms with Crippen molar-refractivity contribution in [1.82, 2.24) is 0 Å². The molecule has 136 valence electrons. The Morgan fingerprint density at radius 1 is 1.38 bits per heavy atom. The molecule has 0 spiro atoms. The average molecular weight is 387 g/mol. The molecule has 24 heavy (non-hydrogen) atoms. The topological polar surface area (TPSA) is 67.8 Å². The predicted octanol–water partition coefficient (Wildman–Crippen LogP) is 4.53. The second-order valence-electron chi connectivity index (χ2n) is 4.96. The molecule has 0 amide bonds. The molecule has 1 atom stereocenters. The van der Waals surface area contributed by atoms with Gasteiger partial charge in [0, 0.05) is 10.6 Å². The van der Waals surface area contributed by atoms with Crippen LogP contribution in [0.3, 0.4) is 0 Å². The van der Waals surface area contributed by atoms with Crippen molar-refractivity contribution in [3.63, 3.8) is 0 Å². The summed E-state index contributed by atoms with van der Waals surface area (Å²) in [5, 5.41) is 4.15. The van der Waals surface area contributed by atoms with E-state index in [-0.39, 0.29) is 28.1 Å². The highest BCUT2D eigenvalue weighted by Gasteiger charge is 2.46. The molecular formula is C14H18ClF3N2O3S. The lowest BCUT2D eigenvalue weighted by Crippen LogP contribution is -2.30. The van der Waals surface area contributed by atoms with E-state index in [2.05, 4.69) is 5.16 Å². The van der Waals surface area contributed by atoms with E-state index in [1.54, 1.807) is 13.8 Å². The molecule has 1 N–H and O–H groups in total. The predicted molar refractivity (Wildman–Crippen MR) is 87.7 cm³/mol. The third-order valence-corrected chi connectivity index (χ3v) is 4.43. The molecule has 0 fully saturated rings. The first-order chi connectivity index (χ1) is 11.0. The number of oxime groups is 1. The van der Waals surface area contributed by atoms with E-state index in [1.807, 2.05) is 6.92 Å². The van der Waals surface area contributed by atoms with Crippen LogP contribution in [0.1, 0.15) is 39.2 Å². The number of anilines is 1. The van der Waals surface area contributed by atoms with E-state index in [0.717, 1.165) is 6.07 Å². The Morgan fingerprint density at radius 2 is 2.00 bits per heavy atom. The first kappa shape index (κ1) is 20.6. The van der Waals surface area contributed by atoms with Crippen LogP contribution in [0, 0.1) is 0 Å². The summed E-state index contributed by atoms with van der Waals surface area (Å²) in [5.41, 5.74) is -5.30. The molecule has 1 aromatic carbocycles. The molecule has 0 bridgehead atoms. The van der Waals surface area contributed by atoms with E-state index < -0.39 is 15.5 Å². The fourth-order valence-electron chi connectivity index (χ4n) is 1.58. The van der Waals surface area contributed by atoms with E-state index in [4.69, 9.17) is 16.4 Å². The van der Waals surface area contributed by atoms with Gasteiger partial charge in [-0.1, -0.05) is 30.6 Å². The fraction of sp³-hybridized carbons (Fsp3) is 0.500. The average Bonchev–Trinajstić information content (AvgIpc) is 2.48. The standard InChI is InChI=1S/C14H18ClF3N2O3S/c1-4-9(3)23-19-12(5-2)11-8-10(15)6-7-13(11)20-24(21,22)14(16,17)18/h6-9,20H,4-5H2,1-3H3/b19-12+. The molecular weight excluding hydrogens is 369 g/mol. The largest absolute Gasteiger partial charge is 0.516 e. The van der Waals surface area contributed by atoms with Gasteiger partial charge < -0.3 is 4.84 Å². The smallest absolute Gasteiger partial charge is 0.393 e. The van der Waals surface area contributed by atoms with E-state index in [9.17, 15) is 21.6 Å². The summed E-state index contributed by atoms with van der Waals surface area (Å²) < 4.78 is 62.0. The molecule has 1 unspecified atom stereocenters. The second-order valence-corrected chi connectivity index (χ2v) is 7.07. The highest BCUT2D eigenvalue weighted by Crippen LogP contribution is 2.29. The van der Waals surface area contributed by atoms with Crippen LogP contribution in [0.4, 0.5) is 18.9 Å². The lowest BCUT2D eigenvalue weighted by molar-refractivity contribution is -0.0429. The van der Waals surface area contributed by atoms with Crippen molar-refractivity contribution >= 4 is 33.0 Å². The van der Waals surface area contributed by atoms with E-state index >= 15 is 0 Å². The van der Waals surface area contributed by atoms with Crippen molar-refractivity contribution in [3.8, 4) is 0 Å². The minimum Gasteiger partial charge on any atom is -0.393 e. The van der Waals surface area contributed by atoms with Gasteiger partial charge in [0.1, 0.15) is 6.10 Å². The maximum Gasteiger partial charge on any atom is 0.516 e. The van der Waals surface area contributed by atoms with Gasteiger partial charge in [-0.05, 0) is 38.0 Å². The quantitative estimate of drug-likeness (QED) is 0.553. The normalized spacial score (nSPS) is 14.4. The van der Waals surface area contributed by atoms with Crippen molar-refractivity contribution in [2.75, 3.05) is 4.72 Å². The Kier molecular flexibility index (Phi) is 6.91. The van der Waals surface area contributed by atoms with Crippen LogP contribution in [0.2, 0.25) is 5.02 Å². The molecule has 0 radical (unpaired) electrons. The highest BCUT2D eigenvalue weighted by molar-refractivity contribution is 7.93. The summed E-state index contributed by atoms with van der Waals surface area (Å²) in [6, 6.07) is 3.76. The van der Waals surface area contributed by atoms with Gasteiger partial charge >= 0.3 is 15.5 Å². The van der Waals surface area contributed by atoms with Crippen LogP contribution in [0.25, 0.3) is 0 Å². The number of nitrogens with zero attached hydrogens (tertiary/aromatic N) is 1. The van der Waals surface area contributed by atoms with Crippen molar-refractivity contribution in [1.29, 1.82) is 0 Å². The third kappa shape index (κ3) is 5.27. The number of hydrogen-bond acceptors (Lipinski definition) is 4. The molecule has 1 rings (SSSR count). The molecule has 0 heterocycles. The van der Waals surface area contributed by atoms with Gasteiger partial charge in [0.15, 0.2) is 0 Å². The zero-order valence-corrected chi connectivity index (χ0v) is 14.9. The Morgan fingerprint density at radius 3 is 2.50 bits per heavy atom. The minimum atomic E-state index is -5.55. The summed E-state index contributed by atoms with van der Waals surface area (Å²) in [6.45, 7) is 5.37. The number of benzene rings is 1. The molecule has 10 heteroatoms. The molecule has 0 aliphatic heterocycles. The molecule has 0 aromatic heterocycles. The maximum absolute atomic E-state index is 12.6. The second kappa shape index (κ2) is 8.06. The number of nitrogens with one attached hydrogen (secondary N) is 1. The lowest BCUT2D eigenvalue weighted by Gasteiger charge is -2.16. The van der Waals surface area contributed by atoms with Gasteiger partial charge in [-0.2, -0.15) is 21.6 Å². The van der Waals surface area contributed by atoms with Crippen molar-refractivity contribution in [3.05, 3.63) is 28.8 Å². The molecule has 0 saturated heterocycles. The van der Waals surface area contributed by atoms with Gasteiger partial charge in [0.05, 0.1) is 11.4 Å². The van der Waals surface area contributed by atoms with Crippen molar-refractivity contribution < 1.29 is 26.4 Å². The summed E-state index contributed by atoms with van der Waals surface area (Å²) in [6.07, 6.45) is 0.794. The minimum absolute atomic E-state index is 0.126. The van der Waals surface area contributed by atoms with Crippen LogP contribution >= 0.6 is 11.6 Å². The number of rotatable bonds is 7. The highest BCUT2D eigenvalue weighted by atomic mass is 35.5. The Bertz CT molecular complexity index is 706. The summed E-state index contributed by atoms with van der Waals surface area (Å²) in [4.78, 5) is 5.24. The van der Waals surface area contributed by atoms with Crippen LogP contribution in [0.15, 0.2) is 23.4 Å². The molecule has 0 saturated carbocycles. The SMILES string of the molecule is CC/C(=N\OC(C)CC)c1cc(Cl)ccc1NS(=O)(=O)C(F)(F)F. The fourth-order valence-corrected chi connectivity index (χ4v) is 2.33. The van der Waals surface area contributed by atoms with Crippen LogP contribution in [-0.2, 0) is 14.9 Å². The third-order valence-electron chi connectivity index (χ3n) is 3.09. The van der Waals surface area contributed by atoms with Gasteiger partial charge in [-0.3, -0.25) is 4.72 Å². The number of hydrogen-bond donors (Lipinski definition) is 1. The van der Waals surface area contributed by atoms with Gasteiger partial charge in [-0.25, -0.2) is 0 Å². The Hall–Kier alpha value is -1.48. The molecule has 1 aromatic rings. The summed E-state index contributed by atoms with van der Waals surface area (Å²) in [7, 11) is -5.55. The monoisotopic (exact) mass is 386 g/mol. The first-order valence-corrected chi connectivity index (χ1v) is 8.99. The maximum atomic E-state index is 12.6. The molecule has 0 aliphatic carbocycles. The van der Waals surface area contributed by atoms with Crippen LogP contribution in [-0.4, -0.2) is 25.7 Å². The Balaban J connectivity index is 3.30. The van der Waals surface area contributed by atoms with Crippen molar-refractivity contribution in [2.24, 2.45) is 5.16 Å². The zero-order chi connectivity index (χ0) is 18.5. The summed E-state index contributed by atoms with van der Waals surface area (Å²) >= 11 is 5.87. The molecule has 0 aliphatic rings. The number of halogens is 4.